The van der Waals surface area contributed by atoms with E-state index in [0.717, 1.165) is 11.3 Å². The minimum Gasteiger partial charge on any atom is -0.383 e. The molecule has 1 heterocycles. The summed E-state index contributed by atoms with van der Waals surface area (Å²) in [6.07, 6.45) is 0. The zero-order valence-corrected chi connectivity index (χ0v) is 23.4. The van der Waals surface area contributed by atoms with Crippen LogP contribution in [-0.2, 0) is 0 Å². The smallest absolute Gasteiger partial charge is 0.0471 e. The quantitative estimate of drug-likeness (QED) is 0.209. The first-order chi connectivity index (χ1) is 20.2. The van der Waals surface area contributed by atoms with Crippen molar-refractivity contribution >= 4 is 37.2 Å². The van der Waals surface area contributed by atoms with Crippen molar-refractivity contribution in [3.63, 3.8) is 0 Å². The second-order valence-corrected chi connectivity index (χ2v) is 11.5. The van der Waals surface area contributed by atoms with E-state index in [0.29, 0.717) is 6.54 Å². The fourth-order valence-electron chi connectivity index (χ4n) is 5.62. The highest BCUT2D eigenvalue weighted by atomic mass is 32.1. The molecule has 0 aliphatic heterocycles. The number of hydrogen-bond donors (Lipinski definition) is 2. The number of nitrogens with two attached hydrogens (primary N) is 1. The Morgan fingerprint density at radius 3 is 1.98 bits per heavy atom. The second kappa shape index (κ2) is 11.1. The van der Waals surface area contributed by atoms with Crippen LogP contribution in [0.1, 0.15) is 11.6 Å². The van der Waals surface area contributed by atoms with Crippen LogP contribution in [0.4, 0.5) is 5.69 Å². The summed E-state index contributed by atoms with van der Waals surface area (Å²) in [6.45, 7) is 0.626. The van der Waals surface area contributed by atoms with Crippen LogP contribution < -0.4 is 11.1 Å². The van der Waals surface area contributed by atoms with E-state index >= 15 is 0 Å². The Bertz CT molecular complexity index is 1960. The van der Waals surface area contributed by atoms with Gasteiger partial charge in [-0.2, -0.15) is 0 Å². The molecule has 7 rings (SSSR count). The Balaban J connectivity index is 1.26. The van der Waals surface area contributed by atoms with E-state index in [2.05, 4.69) is 145 Å². The number of anilines is 1. The van der Waals surface area contributed by atoms with Crippen LogP contribution in [0.3, 0.4) is 0 Å². The molecule has 1 aromatic heterocycles. The number of nitrogens with one attached hydrogen (secondary N) is 1. The van der Waals surface area contributed by atoms with Gasteiger partial charge in [-0.1, -0.05) is 103 Å². The topological polar surface area (TPSA) is 38.0 Å². The molecule has 3 N–H and O–H groups in total. The van der Waals surface area contributed by atoms with Gasteiger partial charge in [-0.05, 0) is 81.4 Å². The van der Waals surface area contributed by atoms with Crippen molar-refractivity contribution in [3.8, 4) is 33.4 Å². The van der Waals surface area contributed by atoms with Crippen LogP contribution in [0.5, 0.6) is 0 Å². The first-order valence-electron chi connectivity index (χ1n) is 14.0. The van der Waals surface area contributed by atoms with Gasteiger partial charge in [0.2, 0.25) is 0 Å². The van der Waals surface area contributed by atoms with Crippen molar-refractivity contribution in [2.75, 3.05) is 11.9 Å². The molecule has 7 aromatic rings. The normalized spacial score (nSPS) is 12.0. The largest absolute Gasteiger partial charge is 0.383 e. The summed E-state index contributed by atoms with van der Waals surface area (Å²) in [7, 11) is 0. The lowest BCUT2D eigenvalue weighted by molar-refractivity contribution is 0.765. The molecule has 0 saturated carbocycles. The van der Waals surface area contributed by atoms with Gasteiger partial charge in [0.1, 0.15) is 0 Å². The molecule has 41 heavy (non-hydrogen) atoms. The first-order valence-corrected chi connectivity index (χ1v) is 14.8. The van der Waals surface area contributed by atoms with Crippen molar-refractivity contribution < 1.29 is 0 Å². The number of benzene rings is 6. The third kappa shape index (κ3) is 5.14. The Morgan fingerprint density at radius 1 is 0.537 bits per heavy atom. The Hall–Kier alpha value is -4.70. The average molecular weight is 547 g/mol. The van der Waals surface area contributed by atoms with Crippen molar-refractivity contribution in [1.29, 1.82) is 0 Å². The van der Waals surface area contributed by atoms with Crippen molar-refractivity contribution in [1.82, 2.24) is 0 Å². The molecular formula is C38H30N2S. The molecule has 0 amide bonds. The molecule has 0 radical (unpaired) electrons. The van der Waals surface area contributed by atoms with Gasteiger partial charge in [0, 0.05) is 38.4 Å². The molecule has 198 valence electrons. The van der Waals surface area contributed by atoms with Gasteiger partial charge < -0.3 is 11.1 Å². The maximum Gasteiger partial charge on any atom is 0.0471 e. The molecule has 3 heteroatoms. The summed E-state index contributed by atoms with van der Waals surface area (Å²) in [5, 5.41) is 6.22. The van der Waals surface area contributed by atoms with E-state index in [9.17, 15) is 0 Å². The van der Waals surface area contributed by atoms with Crippen LogP contribution in [0.2, 0.25) is 0 Å². The van der Waals surface area contributed by atoms with E-state index in [4.69, 9.17) is 5.73 Å². The third-order valence-electron chi connectivity index (χ3n) is 7.70. The van der Waals surface area contributed by atoms with Gasteiger partial charge in [-0.15, -0.1) is 11.3 Å². The van der Waals surface area contributed by atoms with E-state index in [1.54, 1.807) is 0 Å². The molecule has 6 aromatic carbocycles. The van der Waals surface area contributed by atoms with Crippen molar-refractivity contribution in [2.45, 2.75) is 6.04 Å². The summed E-state index contributed by atoms with van der Waals surface area (Å²) < 4.78 is 2.62. The Labute approximate surface area is 244 Å². The summed E-state index contributed by atoms with van der Waals surface area (Å²) in [5.74, 6) is 0. The van der Waals surface area contributed by atoms with Gasteiger partial charge in [-0.3, -0.25) is 0 Å². The molecule has 1 unspecified atom stereocenters. The molecule has 0 aliphatic rings. The number of hydrogen-bond acceptors (Lipinski definition) is 3. The predicted molar refractivity (Wildman–Crippen MR) is 177 cm³/mol. The van der Waals surface area contributed by atoms with Gasteiger partial charge >= 0.3 is 0 Å². The lowest BCUT2D eigenvalue weighted by atomic mass is 9.92. The minimum absolute atomic E-state index is 0.184. The number of fused-ring (bicyclic) bond motifs is 3. The SMILES string of the molecule is NC(CNc1cccc(-c2ccccc2)c1)c1cc(-c2ccccc2)cc(-c2cccc3sc4ccccc4c23)c1. The standard InChI is InChI=1S/C38H30N2S/c39-35(25-40-32-16-9-15-28(24-32)26-11-3-1-4-12-26)31-22-29(27-13-5-2-6-14-27)21-30(23-31)33-18-10-20-37-38(33)34-17-7-8-19-36(34)41-37/h1-24,35,40H,25,39H2. The molecule has 0 bridgehead atoms. The van der Waals surface area contributed by atoms with E-state index in [-0.39, 0.29) is 6.04 Å². The zero-order valence-electron chi connectivity index (χ0n) is 22.6. The van der Waals surface area contributed by atoms with Crippen LogP contribution >= 0.6 is 11.3 Å². The van der Waals surface area contributed by atoms with Gasteiger partial charge in [-0.25, -0.2) is 0 Å². The van der Waals surface area contributed by atoms with E-state index in [1.807, 2.05) is 17.4 Å². The molecular weight excluding hydrogens is 516 g/mol. The van der Waals surface area contributed by atoms with Crippen LogP contribution in [0.15, 0.2) is 146 Å². The summed E-state index contributed by atoms with van der Waals surface area (Å²) in [5.41, 5.74) is 16.3. The number of thiophene rings is 1. The van der Waals surface area contributed by atoms with E-state index in [1.165, 1.54) is 53.6 Å². The second-order valence-electron chi connectivity index (χ2n) is 10.4. The highest BCUT2D eigenvalue weighted by Gasteiger charge is 2.15. The van der Waals surface area contributed by atoms with Crippen LogP contribution in [-0.4, -0.2) is 6.54 Å². The third-order valence-corrected chi connectivity index (χ3v) is 8.84. The molecule has 2 nitrogen and oxygen atoms in total. The van der Waals surface area contributed by atoms with Crippen molar-refractivity contribution in [3.05, 3.63) is 151 Å². The average Bonchev–Trinajstić information content (AvgIpc) is 3.43. The fourth-order valence-corrected chi connectivity index (χ4v) is 6.75. The van der Waals surface area contributed by atoms with Gasteiger partial charge in [0.15, 0.2) is 0 Å². The Kier molecular flexibility index (Phi) is 6.81. The van der Waals surface area contributed by atoms with Crippen molar-refractivity contribution in [2.24, 2.45) is 5.73 Å². The van der Waals surface area contributed by atoms with E-state index < -0.39 is 0 Å². The summed E-state index contributed by atoms with van der Waals surface area (Å²) in [4.78, 5) is 0. The van der Waals surface area contributed by atoms with Crippen LogP contribution in [0.25, 0.3) is 53.6 Å². The van der Waals surface area contributed by atoms with Crippen LogP contribution in [0, 0.1) is 0 Å². The molecule has 0 fully saturated rings. The maximum absolute atomic E-state index is 6.91. The lowest BCUT2D eigenvalue weighted by Gasteiger charge is -2.18. The predicted octanol–water partition coefficient (Wildman–Crippen LogP) is 10.2. The highest BCUT2D eigenvalue weighted by Crippen LogP contribution is 2.41. The molecule has 0 saturated heterocycles. The molecule has 1 atom stereocenters. The lowest BCUT2D eigenvalue weighted by Crippen LogP contribution is -2.20. The summed E-state index contributed by atoms with van der Waals surface area (Å²) in [6, 6.07) is 51.6. The van der Waals surface area contributed by atoms with Gasteiger partial charge in [0.05, 0.1) is 0 Å². The minimum atomic E-state index is -0.184. The maximum atomic E-state index is 6.91. The first kappa shape index (κ1) is 25.3. The summed E-state index contributed by atoms with van der Waals surface area (Å²) >= 11 is 1.85. The molecule has 0 aliphatic carbocycles. The monoisotopic (exact) mass is 546 g/mol. The highest BCUT2D eigenvalue weighted by molar-refractivity contribution is 7.25. The zero-order chi connectivity index (χ0) is 27.6. The number of rotatable bonds is 7. The van der Waals surface area contributed by atoms with Gasteiger partial charge in [0.25, 0.3) is 0 Å². The molecule has 0 spiro atoms. The Morgan fingerprint density at radius 2 is 1.17 bits per heavy atom. The fraction of sp³-hybridized carbons (Fsp3) is 0.0526.